The van der Waals surface area contributed by atoms with Gasteiger partial charge in [0, 0.05) is 18.4 Å². The molecular weight excluding hydrogens is 294 g/mol. The van der Waals surface area contributed by atoms with Gasteiger partial charge in [0.15, 0.2) is 9.84 Å². The van der Waals surface area contributed by atoms with E-state index < -0.39 is 15.9 Å². The highest BCUT2D eigenvalue weighted by atomic mass is 32.2. The van der Waals surface area contributed by atoms with Crippen molar-refractivity contribution in [2.75, 3.05) is 24.9 Å². The van der Waals surface area contributed by atoms with Gasteiger partial charge in [-0.1, -0.05) is 0 Å². The summed E-state index contributed by atoms with van der Waals surface area (Å²) >= 11 is 0. The molecule has 1 aliphatic rings. The molecular formula is C14H17NO5S. The number of carbonyl (C=O) groups is 1. The van der Waals surface area contributed by atoms with Gasteiger partial charge in [0.25, 0.3) is 0 Å². The number of carbonyl (C=O) groups excluding carboxylic acids is 1. The van der Waals surface area contributed by atoms with Crippen molar-refractivity contribution < 1.29 is 22.7 Å². The smallest absolute Gasteiger partial charge is 0.224 e. The lowest BCUT2D eigenvalue weighted by atomic mass is 10.2. The summed E-state index contributed by atoms with van der Waals surface area (Å²) in [6.45, 7) is 1.39. The lowest BCUT2D eigenvalue weighted by Crippen LogP contribution is -2.40. The van der Waals surface area contributed by atoms with Gasteiger partial charge in [0.1, 0.15) is 11.5 Å². The van der Waals surface area contributed by atoms with Gasteiger partial charge >= 0.3 is 0 Å². The number of sulfone groups is 1. The molecule has 7 heteroatoms. The van der Waals surface area contributed by atoms with Crippen LogP contribution in [0.1, 0.15) is 6.92 Å². The molecule has 1 heterocycles. The Balaban J connectivity index is 2.48. The highest BCUT2D eigenvalue weighted by Crippen LogP contribution is 2.35. The Hall–Kier alpha value is -2.02. The van der Waals surface area contributed by atoms with Crippen LogP contribution in [0.3, 0.4) is 0 Å². The highest BCUT2D eigenvalue weighted by Gasteiger charge is 2.31. The van der Waals surface area contributed by atoms with Gasteiger partial charge in [-0.25, -0.2) is 8.42 Å². The molecule has 2 rings (SSSR count). The SMILES string of the molecule is COc1ccc(OC)c(N(C(C)=O)[C@H]2C=CS(=O)(=O)C2)c1. The topological polar surface area (TPSA) is 72.9 Å². The Bertz CT molecular complexity index is 681. The fourth-order valence-electron chi connectivity index (χ4n) is 2.29. The van der Waals surface area contributed by atoms with E-state index in [0.29, 0.717) is 17.2 Å². The second-order valence-corrected chi connectivity index (χ2v) is 6.58. The second kappa shape index (κ2) is 5.77. The Kier molecular flexibility index (Phi) is 4.22. The van der Waals surface area contributed by atoms with Gasteiger partial charge in [-0.15, -0.1) is 0 Å². The molecule has 6 nitrogen and oxygen atoms in total. The zero-order valence-electron chi connectivity index (χ0n) is 12.1. The highest BCUT2D eigenvalue weighted by molar-refractivity contribution is 7.94. The molecule has 0 spiro atoms. The van der Waals surface area contributed by atoms with Crippen LogP contribution in [0.2, 0.25) is 0 Å². The normalized spacial score (nSPS) is 19.3. The van der Waals surface area contributed by atoms with Crippen LogP contribution in [0, 0.1) is 0 Å². The molecule has 0 saturated heterocycles. The second-order valence-electron chi connectivity index (χ2n) is 4.65. The van der Waals surface area contributed by atoms with E-state index in [4.69, 9.17) is 9.47 Å². The maximum absolute atomic E-state index is 12.0. The van der Waals surface area contributed by atoms with Crippen LogP contribution in [0.4, 0.5) is 5.69 Å². The molecule has 0 bridgehead atoms. The largest absolute Gasteiger partial charge is 0.497 e. The number of anilines is 1. The molecule has 1 aliphatic heterocycles. The molecule has 1 amide bonds. The summed E-state index contributed by atoms with van der Waals surface area (Å²) in [5, 5.41) is 1.14. The summed E-state index contributed by atoms with van der Waals surface area (Å²) < 4.78 is 33.6. The third-order valence-corrected chi connectivity index (χ3v) is 4.61. The Morgan fingerprint density at radius 2 is 2.00 bits per heavy atom. The Morgan fingerprint density at radius 3 is 2.48 bits per heavy atom. The summed E-state index contributed by atoms with van der Waals surface area (Å²) in [5.74, 6) is 0.631. The molecule has 1 atom stereocenters. The number of ether oxygens (including phenoxy) is 2. The Labute approximate surface area is 123 Å². The first-order chi connectivity index (χ1) is 9.88. The average molecular weight is 311 g/mol. The van der Waals surface area contributed by atoms with Crippen LogP contribution in [-0.4, -0.2) is 40.3 Å². The third kappa shape index (κ3) is 3.18. The zero-order chi connectivity index (χ0) is 15.6. The molecule has 0 aliphatic carbocycles. The summed E-state index contributed by atoms with van der Waals surface area (Å²) in [6.07, 6.45) is 1.51. The molecule has 1 aromatic carbocycles. The third-order valence-electron chi connectivity index (χ3n) is 3.23. The van der Waals surface area contributed by atoms with Gasteiger partial charge in [-0.05, 0) is 18.2 Å². The minimum Gasteiger partial charge on any atom is -0.497 e. The molecule has 0 aromatic heterocycles. The summed E-state index contributed by atoms with van der Waals surface area (Å²) in [6, 6.07) is 4.49. The van der Waals surface area contributed by atoms with E-state index in [2.05, 4.69) is 0 Å². The monoisotopic (exact) mass is 311 g/mol. The number of benzene rings is 1. The van der Waals surface area contributed by atoms with Crippen molar-refractivity contribution in [3.05, 3.63) is 29.7 Å². The molecule has 1 aromatic rings. The first-order valence-electron chi connectivity index (χ1n) is 6.30. The van der Waals surface area contributed by atoms with E-state index in [9.17, 15) is 13.2 Å². The van der Waals surface area contributed by atoms with E-state index in [1.165, 1.54) is 32.1 Å². The van der Waals surface area contributed by atoms with E-state index in [0.717, 1.165) is 5.41 Å². The minimum absolute atomic E-state index is 0.132. The maximum atomic E-state index is 12.0. The lowest BCUT2D eigenvalue weighted by Gasteiger charge is -2.28. The molecule has 0 unspecified atom stereocenters. The van der Waals surface area contributed by atoms with Gasteiger partial charge in [-0.2, -0.15) is 0 Å². The maximum Gasteiger partial charge on any atom is 0.224 e. The van der Waals surface area contributed by atoms with Gasteiger partial charge in [-0.3, -0.25) is 4.79 Å². The van der Waals surface area contributed by atoms with Crippen molar-refractivity contribution in [1.82, 2.24) is 0 Å². The quantitative estimate of drug-likeness (QED) is 0.839. The fraction of sp³-hybridized carbons (Fsp3) is 0.357. The summed E-state index contributed by atoms with van der Waals surface area (Å²) in [5.41, 5.74) is 0.483. The van der Waals surface area contributed by atoms with Gasteiger partial charge in [0.2, 0.25) is 5.91 Å². The van der Waals surface area contributed by atoms with Crippen LogP contribution in [0.15, 0.2) is 29.7 Å². The predicted molar refractivity (Wildman–Crippen MR) is 79.4 cm³/mol. The van der Waals surface area contributed by atoms with Crippen molar-refractivity contribution in [1.29, 1.82) is 0 Å². The first kappa shape index (κ1) is 15.4. The zero-order valence-corrected chi connectivity index (χ0v) is 12.9. The molecule has 0 radical (unpaired) electrons. The number of nitrogens with zero attached hydrogens (tertiary/aromatic N) is 1. The standard InChI is InChI=1S/C14H17NO5S/c1-10(16)15(11-6-7-21(17,18)9-11)13-8-12(19-2)4-5-14(13)20-3/h4-8,11H,9H2,1-3H3/t11-/m0/s1. The van der Waals surface area contributed by atoms with Crippen molar-refractivity contribution in [2.24, 2.45) is 0 Å². The van der Waals surface area contributed by atoms with Crippen molar-refractivity contribution in [2.45, 2.75) is 13.0 Å². The number of rotatable bonds is 4. The van der Waals surface area contributed by atoms with Crippen LogP contribution in [-0.2, 0) is 14.6 Å². The minimum atomic E-state index is -3.26. The van der Waals surface area contributed by atoms with Crippen LogP contribution >= 0.6 is 0 Å². The van der Waals surface area contributed by atoms with Gasteiger partial charge in [0.05, 0.1) is 31.7 Å². The summed E-state index contributed by atoms with van der Waals surface area (Å²) in [4.78, 5) is 13.4. The first-order valence-corrected chi connectivity index (χ1v) is 8.02. The van der Waals surface area contributed by atoms with Crippen molar-refractivity contribution in [3.63, 3.8) is 0 Å². The van der Waals surface area contributed by atoms with Crippen LogP contribution < -0.4 is 14.4 Å². The number of hydrogen-bond acceptors (Lipinski definition) is 5. The van der Waals surface area contributed by atoms with E-state index in [-0.39, 0.29) is 11.7 Å². The number of methoxy groups -OCH3 is 2. The Morgan fingerprint density at radius 1 is 1.29 bits per heavy atom. The molecule has 0 N–H and O–H groups in total. The van der Waals surface area contributed by atoms with Gasteiger partial charge < -0.3 is 14.4 Å². The fourth-order valence-corrected chi connectivity index (χ4v) is 3.56. The van der Waals surface area contributed by atoms with Crippen LogP contribution in [0.25, 0.3) is 0 Å². The molecule has 0 fully saturated rings. The van der Waals surface area contributed by atoms with Crippen molar-refractivity contribution in [3.8, 4) is 11.5 Å². The van der Waals surface area contributed by atoms with Crippen LogP contribution in [0.5, 0.6) is 11.5 Å². The van der Waals surface area contributed by atoms with E-state index >= 15 is 0 Å². The number of hydrogen-bond donors (Lipinski definition) is 0. The molecule has 114 valence electrons. The number of amides is 1. The lowest BCUT2D eigenvalue weighted by molar-refractivity contribution is -0.116. The summed E-state index contributed by atoms with van der Waals surface area (Å²) in [7, 11) is -0.255. The van der Waals surface area contributed by atoms with E-state index in [1.54, 1.807) is 18.2 Å². The van der Waals surface area contributed by atoms with E-state index in [1.807, 2.05) is 0 Å². The predicted octanol–water partition coefficient (Wildman–Crippen LogP) is 1.37. The molecule has 0 saturated carbocycles. The molecule has 21 heavy (non-hydrogen) atoms. The average Bonchev–Trinajstić information content (AvgIpc) is 2.78. The van der Waals surface area contributed by atoms with Crippen molar-refractivity contribution >= 4 is 21.4 Å².